The van der Waals surface area contributed by atoms with E-state index in [9.17, 15) is 4.79 Å². The quantitative estimate of drug-likeness (QED) is 0.826. The summed E-state index contributed by atoms with van der Waals surface area (Å²) in [5.74, 6) is 0.149. The molecular formula is C15H22N2O2. The summed E-state index contributed by atoms with van der Waals surface area (Å²) in [6.07, 6.45) is 1.40. The maximum Gasteiger partial charge on any atom is 0.229 e. The molecule has 0 saturated carbocycles. The highest BCUT2D eigenvalue weighted by Crippen LogP contribution is 2.33. The normalized spacial score (nSPS) is 18.2. The van der Waals surface area contributed by atoms with Crippen molar-refractivity contribution in [1.82, 2.24) is 5.32 Å². The maximum absolute atomic E-state index is 12.3. The summed E-state index contributed by atoms with van der Waals surface area (Å²) in [5, 5.41) is 3.31. The topological polar surface area (TPSA) is 41.6 Å². The highest BCUT2D eigenvalue weighted by atomic mass is 16.5. The third-order valence-corrected chi connectivity index (χ3v) is 3.56. The molecule has 1 heterocycles. The lowest BCUT2D eigenvalue weighted by Gasteiger charge is -2.34. The number of ether oxygens (including phenoxy) is 1. The van der Waals surface area contributed by atoms with Crippen LogP contribution in [-0.4, -0.2) is 32.7 Å². The molecule has 1 amide bonds. The van der Waals surface area contributed by atoms with Gasteiger partial charge in [0.2, 0.25) is 5.91 Å². The van der Waals surface area contributed by atoms with Gasteiger partial charge in [0.1, 0.15) is 0 Å². The molecule has 0 saturated heterocycles. The Balaban J connectivity index is 2.13. The van der Waals surface area contributed by atoms with Crippen LogP contribution in [0.2, 0.25) is 0 Å². The fraction of sp³-hybridized carbons (Fsp3) is 0.533. The molecular weight excluding hydrogens is 240 g/mol. The van der Waals surface area contributed by atoms with E-state index in [1.54, 1.807) is 0 Å². The van der Waals surface area contributed by atoms with E-state index < -0.39 is 0 Å². The average molecular weight is 262 g/mol. The predicted octanol–water partition coefficient (Wildman–Crippen LogP) is 2.11. The van der Waals surface area contributed by atoms with Crippen molar-refractivity contribution in [3.8, 4) is 0 Å². The Morgan fingerprint density at radius 3 is 3.00 bits per heavy atom. The Labute approximate surface area is 114 Å². The molecule has 1 aliphatic heterocycles. The zero-order valence-corrected chi connectivity index (χ0v) is 11.7. The third kappa shape index (κ3) is 3.14. The molecule has 0 fully saturated rings. The van der Waals surface area contributed by atoms with E-state index in [-0.39, 0.29) is 5.91 Å². The maximum atomic E-state index is 12.3. The first kappa shape index (κ1) is 14.0. The highest BCUT2D eigenvalue weighted by molar-refractivity contribution is 5.94. The molecule has 1 unspecified atom stereocenters. The molecule has 0 bridgehead atoms. The van der Waals surface area contributed by atoms with Crippen molar-refractivity contribution in [1.29, 1.82) is 0 Å². The van der Waals surface area contributed by atoms with Gasteiger partial charge in [-0.05, 0) is 32.0 Å². The zero-order chi connectivity index (χ0) is 13.7. The predicted molar refractivity (Wildman–Crippen MR) is 76.3 cm³/mol. The van der Waals surface area contributed by atoms with Crippen LogP contribution in [0.1, 0.15) is 31.4 Å². The minimum absolute atomic E-state index is 0.149. The van der Waals surface area contributed by atoms with Crippen LogP contribution in [-0.2, 0) is 9.53 Å². The number of benzene rings is 1. The van der Waals surface area contributed by atoms with Crippen LogP contribution in [0.4, 0.5) is 5.69 Å². The number of nitrogens with zero attached hydrogens (tertiary/aromatic N) is 1. The van der Waals surface area contributed by atoms with Gasteiger partial charge in [-0.15, -0.1) is 0 Å². The van der Waals surface area contributed by atoms with Gasteiger partial charge < -0.3 is 15.0 Å². The Morgan fingerprint density at radius 2 is 2.26 bits per heavy atom. The molecule has 0 aromatic heterocycles. The van der Waals surface area contributed by atoms with Crippen LogP contribution in [0.25, 0.3) is 0 Å². The van der Waals surface area contributed by atoms with Gasteiger partial charge in [0.25, 0.3) is 0 Å². The Hall–Kier alpha value is -1.39. The molecule has 104 valence electrons. The Bertz CT molecular complexity index is 434. The number of hydrogen-bond donors (Lipinski definition) is 1. The van der Waals surface area contributed by atoms with Gasteiger partial charge in [-0.1, -0.05) is 18.2 Å². The second kappa shape index (κ2) is 6.68. The van der Waals surface area contributed by atoms with Crippen molar-refractivity contribution < 1.29 is 9.53 Å². The molecule has 1 aromatic carbocycles. The molecule has 0 spiro atoms. The first-order valence-corrected chi connectivity index (χ1v) is 6.92. The van der Waals surface area contributed by atoms with Crippen LogP contribution in [0.5, 0.6) is 0 Å². The monoisotopic (exact) mass is 262 g/mol. The van der Waals surface area contributed by atoms with Crippen molar-refractivity contribution in [3.05, 3.63) is 29.8 Å². The van der Waals surface area contributed by atoms with E-state index in [0.717, 1.165) is 18.7 Å². The summed E-state index contributed by atoms with van der Waals surface area (Å²) in [7, 11) is 1.97. The standard InChI is InChI=1S/C15H22N2O2/c1-3-19-11-9-15(18)17-10-8-13(16-2)12-6-4-5-7-14(12)17/h4-7,13,16H,3,8-11H2,1-2H3. The molecule has 19 heavy (non-hydrogen) atoms. The van der Waals surface area contributed by atoms with Gasteiger partial charge in [-0.25, -0.2) is 0 Å². The SMILES string of the molecule is CCOCCC(=O)N1CCC(NC)c2ccccc21. The molecule has 1 N–H and O–H groups in total. The van der Waals surface area contributed by atoms with Crippen LogP contribution < -0.4 is 10.2 Å². The number of fused-ring (bicyclic) bond motifs is 1. The zero-order valence-electron chi connectivity index (χ0n) is 11.7. The van der Waals surface area contributed by atoms with Gasteiger partial charge in [-0.3, -0.25) is 4.79 Å². The fourth-order valence-electron chi connectivity index (χ4n) is 2.56. The molecule has 4 heteroatoms. The van der Waals surface area contributed by atoms with E-state index >= 15 is 0 Å². The third-order valence-electron chi connectivity index (χ3n) is 3.56. The van der Waals surface area contributed by atoms with Gasteiger partial charge in [0.15, 0.2) is 0 Å². The molecule has 1 aromatic rings. The number of anilines is 1. The number of nitrogens with one attached hydrogen (secondary N) is 1. The minimum Gasteiger partial charge on any atom is -0.381 e. The minimum atomic E-state index is 0.149. The van der Waals surface area contributed by atoms with Gasteiger partial charge >= 0.3 is 0 Å². The molecule has 2 rings (SSSR count). The first-order chi connectivity index (χ1) is 9.27. The lowest BCUT2D eigenvalue weighted by atomic mass is 9.96. The largest absolute Gasteiger partial charge is 0.381 e. The summed E-state index contributed by atoms with van der Waals surface area (Å²) in [4.78, 5) is 14.1. The lowest BCUT2D eigenvalue weighted by Crippen LogP contribution is -2.39. The summed E-state index contributed by atoms with van der Waals surface area (Å²) < 4.78 is 5.27. The van der Waals surface area contributed by atoms with Gasteiger partial charge in [0, 0.05) is 24.9 Å². The van der Waals surface area contributed by atoms with E-state index in [1.165, 1.54) is 5.56 Å². The number of rotatable bonds is 5. The van der Waals surface area contributed by atoms with Crippen LogP contribution in [0.3, 0.4) is 0 Å². The van der Waals surface area contributed by atoms with Crippen molar-refractivity contribution in [3.63, 3.8) is 0 Å². The van der Waals surface area contributed by atoms with E-state index in [0.29, 0.717) is 25.7 Å². The molecule has 1 atom stereocenters. The number of hydrogen-bond acceptors (Lipinski definition) is 3. The second-order valence-electron chi connectivity index (χ2n) is 4.68. The van der Waals surface area contributed by atoms with Crippen LogP contribution in [0.15, 0.2) is 24.3 Å². The van der Waals surface area contributed by atoms with Gasteiger partial charge in [0.05, 0.1) is 13.0 Å². The molecule has 4 nitrogen and oxygen atoms in total. The van der Waals surface area contributed by atoms with Crippen molar-refractivity contribution in [2.45, 2.75) is 25.8 Å². The fourth-order valence-corrected chi connectivity index (χ4v) is 2.56. The molecule has 0 aliphatic carbocycles. The van der Waals surface area contributed by atoms with Crippen LogP contribution in [0, 0.1) is 0 Å². The van der Waals surface area contributed by atoms with Crippen molar-refractivity contribution >= 4 is 11.6 Å². The van der Waals surface area contributed by atoms with Gasteiger partial charge in [-0.2, -0.15) is 0 Å². The summed E-state index contributed by atoms with van der Waals surface area (Å²) in [6.45, 7) is 3.88. The van der Waals surface area contributed by atoms with E-state index in [4.69, 9.17) is 4.74 Å². The van der Waals surface area contributed by atoms with Crippen molar-refractivity contribution in [2.24, 2.45) is 0 Å². The Morgan fingerprint density at radius 1 is 1.47 bits per heavy atom. The molecule has 1 aliphatic rings. The van der Waals surface area contributed by atoms with E-state index in [2.05, 4.69) is 11.4 Å². The average Bonchev–Trinajstić information content (AvgIpc) is 2.46. The number of carbonyl (C=O) groups excluding carboxylic acids is 1. The Kier molecular flexibility index (Phi) is 4.93. The summed E-state index contributed by atoms with van der Waals surface area (Å²) in [5.41, 5.74) is 2.25. The van der Waals surface area contributed by atoms with Crippen molar-refractivity contribution in [2.75, 3.05) is 31.7 Å². The number of amides is 1. The highest BCUT2D eigenvalue weighted by Gasteiger charge is 2.27. The summed E-state index contributed by atoms with van der Waals surface area (Å²) in [6, 6.07) is 8.47. The number of carbonyl (C=O) groups is 1. The van der Waals surface area contributed by atoms with Crippen LogP contribution >= 0.6 is 0 Å². The molecule has 0 radical (unpaired) electrons. The number of para-hydroxylation sites is 1. The second-order valence-corrected chi connectivity index (χ2v) is 4.68. The smallest absolute Gasteiger partial charge is 0.229 e. The summed E-state index contributed by atoms with van der Waals surface area (Å²) >= 11 is 0. The van der Waals surface area contributed by atoms with E-state index in [1.807, 2.05) is 37.1 Å². The lowest BCUT2D eigenvalue weighted by molar-refractivity contribution is -0.119. The first-order valence-electron chi connectivity index (χ1n) is 6.92.